The zero-order valence-corrected chi connectivity index (χ0v) is 6.60. The van der Waals surface area contributed by atoms with E-state index in [9.17, 15) is 8.42 Å². The van der Waals surface area contributed by atoms with Crippen LogP contribution in [0.2, 0.25) is 0 Å². The summed E-state index contributed by atoms with van der Waals surface area (Å²) in [7, 11) is -3.26. The van der Waals surface area contributed by atoms with Crippen molar-refractivity contribution in [3.05, 3.63) is 12.2 Å². The summed E-state index contributed by atoms with van der Waals surface area (Å²) >= 11 is 0. The van der Waals surface area contributed by atoms with Gasteiger partial charge in [0.05, 0.1) is 11.9 Å². The summed E-state index contributed by atoms with van der Waals surface area (Å²) in [5.41, 5.74) is 0. The van der Waals surface area contributed by atoms with Gasteiger partial charge in [-0.05, 0) is 13.3 Å². The molecule has 0 fully saturated rings. The molecule has 1 heterocycles. The van der Waals surface area contributed by atoms with Crippen molar-refractivity contribution in [2.75, 3.05) is 5.75 Å². The number of hydrogen-bond donors (Lipinski definition) is 0. The minimum atomic E-state index is -3.26. The van der Waals surface area contributed by atoms with Gasteiger partial charge in [-0.1, -0.05) is 12.2 Å². The van der Waals surface area contributed by atoms with Crippen LogP contribution in [0.1, 0.15) is 13.3 Å². The van der Waals surface area contributed by atoms with E-state index in [1.807, 2.05) is 6.08 Å². The third kappa shape index (κ3) is 2.11. The van der Waals surface area contributed by atoms with E-state index in [4.69, 9.17) is 4.18 Å². The Morgan fingerprint density at radius 1 is 1.50 bits per heavy atom. The lowest BCUT2D eigenvalue weighted by Crippen LogP contribution is -2.14. The van der Waals surface area contributed by atoms with Gasteiger partial charge in [0.15, 0.2) is 0 Å². The molecular weight excluding hydrogens is 152 g/mol. The highest BCUT2D eigenvalue weighted by Crippen LogP contribution is 2.09. The van der Waals surface area contributed by atoms with Gasteiger partial charge in [0.2, 0.25) is 0 Å². The number of hydrogen-bond acceptors (Lipinski definition) is 3. The van der Waals surface area contributed by atoms with E-state index in [-0.39, 0.29) is 11.9 Å². The van der Waals surface area contributed by atoms with E-state index >= 15 is 0 Å². The first kappa shape index (κ1) is 7.75. The summed E-state index contributed by atoms with van der Waals surface area (Å²) < 4.78 is 26.3. The van der Waals surface area contributed by atoms with Crippen LogP contribution in [0.4, 0.5) is 0 Å². The molecule has 0 saturated heterocycles. The maximum absolute atomic E-state index is 10.8. The topological polar surface area (TPSA) is 43.4 Å². The Morgan fingerprint density at radius 2 is 2.20 bits per heavy atom. The smallest absolute Gasteiger partial charge is 0.266 e. The van der Waals surface area contributed by atoms with Gasteiger partial charge in [-0.3, -0.25) is 4.18 Å². The van der Waals surface area contributed by atoms with Crippen molar-refractivity contribution in [2.24, 2.45) is 0 Å². The molecule has 0 amide bonds. The molecule has 0 radical (unpaired) electrons. The van der Waals surface area contributed by atoms with Crippen LogP contribution in [0.3, 0.4) is 0 Å². The molecule has 1 aliphatic heterocycles. The fraction of sp³-hybridized carbons (Fsp3) is 0.667. The van der Waals surface area contributed by atoms with Crippen LogP contribution < -0.4 is 0 Å². The van der Waals surface area contributed by atoms with Crippen molar-refractivity contribution in [1.82, 2.24) is 0 Å². The van der Waals surface area contributed by atoms with Crippen molar-refractivity contribution >= 4 is 10.1 Å². The summed E-state index contributed by atoms with van der Waals surface area (Å²) in [5.74, 6) is 0.0112. The van der Waals surface area contributed by atoms with Gasteiger partial charge in [-0.25, -0.2) is 0 Å². The Kier molecular flexibility index (Phi) is 2.11. The van der Waals surface area contributed by atoms with Gasteiger partial charge in [0.25, 0.3) is 10.1 Å². The zero-order chi connectivity index (χ0) is 7.61. The maximum atomic E-state index is 10.8. The lowest BCUT2D eigenvalue weighted by molar-refractivity contribution is 0.236. The fourth-order valence-corrected chi connectivity index (χ4v) is 1.83. The fourth-order valence-electron chi connectivity index (χ4n) is 0.803. The molecule has 1 rings (SSSR count). The molecule has 0 aromatic rings. The third-order valence-electron chi connectivity index (χ3n) is 1.25. The van der Waals surface area contributed by atoms with Crippen LogP contribution in [-0.2, 0) is 14.3 Å². The molecule has 0 aromatic heterocycles. The first-order valence-corrected chi connectivity index (χ1v) is 4.74. The van der Waals surface area contributed by atoms with Gasteiger partial charge in [-0.15, -0.1) is 0 Å². The van der Waals surface area contributed by atoms with Crippen LogP contribution in [0.25, 0.3) is 0 Å². The average molecular weight is 162 g/mol. The molecule has 0 N–H and O–H groups in total. The van der Waals surface area contributed by atoms with Crippen molar-refractivity contribution in [1.29, 1.82) is 0 Å². The SMILES string of the molecule is CC1CC=CCS(=O)(=O)O1. The summed E-state index contributed by atoms with van der Waals surface area (Å²) in [4.78, 5) is 0. The van der Waals surface area contributed by atoms with Crippen LogP contribution in [0, 0.1) is 0 Å². The maximum Gasteiger partial charge on any atom is 0.271 e. The molecule has 0 bridgehead atoms. The van der Waals surface area contributed by atoms with E-state index in [2.05, 4.69) is 0 Å². The van der Waals surface area contributed by atoms with Crippen LogP contribution in [-0.4, -0.2) is 20.3 Å². The number of rotatable bonds is 0. The quantitative estimate of drug-likeness (QED) is 0.388. The first-order chi connectivity index (χ1) is 4.60. The molecule has 0 aliphatic carbocycles. The Hall–Kier alpha value is -0.350. The molecule has 3 nitrogen and oxygen atoms in total. The molecule has 1 unspecified atom stereocenters. The lowest BCUT2D eigenvalue weighted by Gasteiger charge is -2.05. The van der Waals surface area contributed by atoms with Crippen LogP contribution in [0.5, 0.6) is 0 Å². The molecule has 0 saturated carbocycles. The Labute approximate surface area is 60.8 Å². The standard InChI is InChI=1S/C6H10O3S/c1-6-4-2-3-5-10(7,8)9-6/h2-3,6H,4-5H2,1H3. The molecule has 1 aliphatic rings. The summed E-state index contributed by atoms with van der Waals surface area (Å²) in [6.45, 7) is 1.74. The lowest BCUT2D eigenvalue weighted by atomic mass is 10.3. The molecule has 10 heavy (non-hydrogen) atoms. The summed E-state index contributed by atoms with van der Waals surface area (Å²) in [5, 5.41) is 0. The van der Waals surface area contributed by atoms with Gasteiger partial charge >= 0.3 is 0 Å². The zero-order valence-electron chi connectivity index (χ0n) is 5.78. The Bertz CT molecular complexity index is 227. The van der Waals surface area contributed by atoms with E-state index in [1.54, 1.807) is 13.0 Å². The van der Waals surface area contributed by atoms with Gasteiger partial charge < -0.3 is 0 Å². The average Bonchev–Trinajstić information content (AvgIpc) is 1.90. The normalized spacial score (nSPS) is 31.5. The van der Waals surface area contributed by atoms with Gasteiger partial charge in [0.1, 0.15) is 0 Å². The summed E-state index contributed by atoms with van der Waals surface area (Å²) in [6.07, 6.45) is 3.93. The predicted molar refractivity (Wildman–Crippen MR) is 38.1 cm³/mol. The first-order valence-electron chi connectivity index (χ1n) is 3.16. The van der Waals surface area contributed by atoms with Crippen molar-refractivity contribution < 1.29 is 12.6 Å². The monoisotopic (exact) mass is 162 g/mol. The molecule has 58 valence electrons. The van der Waals surface area contributed by atoms with Crippen molar-refractivity contribution in [3.63, 3.8) is 0 Å². The highest BCUT2D eigenvalue weighted by atomic mass is 32.2. The van der Waals surface area contributed by atoms with E-state index in [0.717, 1.165) is 0 Å². The van der Waals surface area contributed by atoms with Crippen LogP contribution >= 0.6 is 0 Å². The Balaban J connectivity index is 2.76. The minimum absolute atomic E-state index is 0.0112. The van der Waals surface area contributed by atoms with E-state index in [0.29, 0.717) is 6.42 Å². The molecule has 0 spiro atoms. The van der Waals surface area contributed by atoms with Crippen LogP contribution in [0.15, 0.2) is 12.2 Å². The second kappa shape index (κ2) is 2.72. The highest BCUT2D eigenvalue weighted by molar-refractivity contribution is 7.86. The second-order valence-corrected chi connectivity index (χ2v) is 3.98. The molecular formula is C6H10O3S. The van der Waals surface area contributed by atoms with Gasteiger partial charge in [0, 0.05) is 0 Å². The van der Waals surface area contributed by atoms with E-state index in [1.165, 1.54) is 0 Å². The van der Waals surface area contributed by atoms with Gasteiger partial charge in [-0.2, -0.15) is 8.42 Å². The predicted octanol–water partition coefficient (Wildman–Crippen LogP) is 0.681. The second-order valence-electron chi connectivity index (χ2n) is 2.34. The van der Waals surface area contributed by atoms with Crippen molar-refractivity contribution in [2.45, 2.75) is 19.4 Å². The molecule has 0 aromatic carbocycles. The molecule has 4 heteroatoms. The third-order valence-corrected chi connectivity index (χ3v) is 2.47. The molecule has 1 atom stereocenters. The minimum Gasteiger partial charge on any atom is -0.266 e. The summed E-state index contributed by atoms with van der Waals surface area (Å²) in [6, 6.07) is 0. The largest absolute Gasteiger partial charge is 0.271 e. The van der Waals surface area contributed by atoms with E-state index < -0.39 is 10.1 Å². The highest BCUT2D eigenvalue weighted by Gasteiger charge is 2.15. The Morgan fingerprint density at radius 3 is 2.90 bits per heavy atom. The van der Waals surface area contributed by atoms with Crippen molar-refractivity contribution in [3.8, 4) is 0 Å².